The quantitative estimate of drug-likeness (QED) is 0.704. The molecule has 98 valence electrons. The van der Waals surface area contributed by atoms with Crippen molar-refractivity contribution in [2.75, 3.05) is 0 Å². The van der Waals surface area contributed by atoms with Crippen LogP contribution in [-0.2, 0) is 0 Å². The van der Waals surface area contributed by atoms with Gasteiger partial charge < -0.3 is 5.11 Å². The van der Waals surface area contributed by atoms with Crippen molar-refractivity contribution in [3.63, 3.8) is 0 Å². The van der Waals surface area contributed by atoms with Crippen LogP contribution in [-0.4, -0.2) is 10.7 Å². The number of hydrogen-bond acceptors (Lipinski definition) is 1. The average Bonchev–Trinajstić information content (AvgIpc) is 2.41. The third kappa shape index (κ3) is 2.82. The predicted octanol–water partition coefficient (Wildman–Crippen LogP) is 4.33. The zero-order chi connectivity index (χ0) is 13.3. The third-order valence-electron chi connectivity index (χ3n) is 4.46. The summed E-state index contributed by atoms with van der Waals surface area (Å²) in [6.07, 6.45) is 6.70. The number of rotatable bonds is 5. The van der Waals surface area contributed by atoms with Crippen molar-refractivity contribution in [3.05, 3.63) is 24.3 Å². The molecule has 0 radical (unpaired) electrons. The molecule has 1 rings (SSSR count). The van der Waals surface area contributed by atoms with E-state index in [0.717, 1.165) is 12.8 Å². The lowest BCUT2D eigenvalue weighted by molar-refractivity contribution is -0.0626. The van der Waals surface area contributed by atoms with Crippen LogP contribution in [0.25, 0.3) is 0 Å². The smallest absolute Gasteiger partial charge is 0.0723 e. The molecule has 0 amide bonds. The zero-order valence-electron chi connectivity index (χ0n) is 12.1. The van der Waals surface area contributed by atoms with Gasteiger partial charge >= 0.3 is 0 Å². The Labute approximate surface area is 107 Å². The molecule has 1 aliphatic carbocycles. The van der Waals surface area contributed by atoms with E-state index in [1.54, 1.807) is 0 Å². The minimum atomic E-state index is -0.603. The maximum Gasteiger partial charge on any atom is 0.0723 e. The summed E-state index contributed by atoms with van der Waals surface area (Å²) < 4.78 is 0. The molecule has 0 bridgehead atoms. The van der Waals surface area contributed by atoms with E-state index in [2.05, 4.69) is 47.3 Å². The van der Waals surface area contributed by atoms with E-state index in [4.69, 9.17) is 0 Å². The lowest BCUT2D eigenvalue weighted by Gasteiger charge is -2.43. The minimum absolute atomic E-state index is 0.104. The standard InChI is InChI=1S/C16H28O/c1-7-10-16(17,11-12(2)3)14-9-8-13(4)15(14,5)6/h7-8,12,14,17H,1,9-11H2,2-6H3. The summed E-state index contributed by atoms with van der Waals surface area (Å²) in [6, 6.07) is 0. The highest BCUT2D eigenvalue weighted by molar-refractivity contribution is 5.22. The van der Waals surface area contributed by atoms with Gasteiger partial charge in [-0.25, -0.2) is 0 Å². The molecule has 0 fully saturated rings. The highest BCUT2D eigenvalue weighted by Crippen LogP contribution is 2.50. The first-order chi connectivity index (χ1) is 7.74. The Kier molecular flexibility index (Phi) is 4.24. The molecule has 0 spiro atoms. The summed E-state index contributed by atoms with van der Waals surface area (Å²) in [5.41, 5.74) is 0.911. The second kappa shape index (κ2) is 4.97. The molecular formula is C16H28O. The van der Waals surface area contributed by atoms with Crippen LogP contribution >= 0.6 is 0 Å². The molecule has 0 aliphatic heterocycles. The van der Waals surface area contributed by atoms with E-state index in [1.165, 1.54) is 5.57 Å². The molecule has 1 aliphatic rings. The van der Waals surface area contributed by atoms with Gasteiger partial charge in [0.25, 0.3) is 0 Å². The fraction of sp³-hybridized carbons (Fsp3) is 0.750. The molecule has 2 atom stereocenters. The molecule has 0 aromatic carbocycles. The van der Waals surface area contributed by atoms with Gasteiger partial charge in [-0.05, 0) is 37.5 Å². The van der Waals surface area contributed by atoms with Crippen LogP contribution in [0.5, 0.6) is 0 Å². The van der Waals surface area contributed by atoms with Gasteiger partial charge in [0.05, 0.1) is 5.60 Å². The summed E-state index contributed by atoms with van der Waals surface area (Å²) >= 11 is 0. The van der Waals surface area contributed by atoms with Crippen LogP contribution in [0.15, 0.2) is 24.3 Å². The Morgan fingerprint density at radius 1 is 1.59 bits per heavy atom. The topological polar surface area (TPSA) is 20.2 Å². The van der Waals surface area contributed by atoms with Crippen LogP contribution < -0.4 is 0 Å². The summed E-state index contributed by atoms with van der Waals surface area (Å²) in [4.78, 5) is 0. The van der Waals surface area contributed by atoms with Gasteiger partial charge in [0.2, 0.25) is 0 Å². The second-order valence-electron chi connectivity index (χ2n) is 6.59. The summed E-state index contributed by atoms with van der Waals surface area (Å²) in [6.45, 7) is 14.9. The van der Waals surface area contributed by atoms with E-state index >= 15 is 0 Å². The van der Waals surface area contributed by atoms with Crippen molar-refractivity contribution in [2.24, 2.45) is 17.3 Å². The minimum Gasteiger partial charge on any atom is -0.389 e. The molecule has 17 heavy (non-hydrogen) atoms. The SMILES string of the molecule is C=CCC(O)(CC(C)C)C1CC=C(C)C1(C)C. The average molecular weight is 236 g/mol. The largest absolute Gasteiger partial charge is 0.389 e. The van der Waals surface area contributed by atoms with E-state index < -0.39 is 5.60 Å². The van der Waals surface area contributed by atoms with E-state index in [1.807, 2.05) is 6.08 Å². The van der Waals surface area contributed by atoms with Gasteiger partial charge in [0.1, 0.15) is 0 Å². The Balaban J connectivity index is 2.97. The van der Waals surface area contributed by atoms with Crippen LogP contribution in [0.1, 0.15) is 53.9 Å². The molecule has 0 saturated carbocycles. The van der Waals surface area contributed by atoms with Crippen molar-refractivity contribution in [1.82, 2.24) is 0 Å². The van der Waals surface area contributed by atoms with Crippen molar-refractivity contribution in [2.45, 2.75) is 59.5 Å². The third-order valence-corrected chi connectivity index (χ3v) is 4.46. The molecule has 0 aromatic heterocycles. The van der Waals surface area contributed by atoms with Gasteiger partial charge in [-0.2, -0.15) is 0 Å². The summed E-state index contributed by atoms with van der Waals surface area (Å²) in [5, 5.41) is 11.0. The zero-order valence-corrected chi connectivity index (χ0v) is 12.1. The van der Waals surface area contributed by atoms with Crippen molar-refractivity contribution >= 4 is 0 Å². The van der Waals surface area contributed by atoms with Crippen LogP contribution in [0, 0.1) is 17.3 Å². The normalized spacial score (nSPS) is 26.8. The Morgan fingerprint density at radius 2 is 2.18 bits per heavy atom. The molecule has 0 saturated heterocycles. The van der Waals surface area contributed by atoms with Gasteiger partial charge in [-0.1, -0.05) is 45.4 Å². The lowest BCUT2D eigenvalue weighted by atomic mass is 9.65. The maximum absolute atomic E-state index is 11.0. The summed E-state index contributed by atoms with van der Waals surface area (Å²) in [7, 11) is 0. The molecular weight excluding hydrogens is 208 g/mol. The van der Waals surface area contributed by atoms with E-state index in [-0.39, 0.29) is 5.41 Å². The van der Waals surface area contributed by atoms with Crippen molar-refractivity contribution in [1.29, 1.82) is 0 Å². The molecule has 0 aromatic rings. The Morgan fingerprint density at radius 3 is 2.53 bits per heavy atom. The van der Waals surface area contributed by atoms with Gasteiger partial charge in [0, 0.05) is 5.92 Å². The molecule has 1 heteroatoms. The Bertz CT molecular complexity index is 311. The summed E-state index contributed by atoms with van der Waals surface area (Å²) in [5.74, 6) is 0.826. The second-order valence-corrected chi connectivity index (χ2v) is 6.59. The van der Waals surface area contributed by atoms with Crippen LogP contribution in [0.2, 0.25) is 0 Å². The first-order valence-corrected chi connectivity index (χ1v) is 6.74. The fourth-order valence-electron chi connectivity index (χ4n) is 3.34. The molecule has 2 unspecified atom stereocenters. The van der Waals surface area contributed by atoms with Crippen LogP contribution in [0.4, 0.5) is 0 Å². The first kappa shape index (κ1) is 14.5. The number of allylic oxidation sites excluding steroid dienone is 2. The van der Waals surface area contributed by atoms with Crippen molar-refractivity contribution in [3.8, 4) is 0 Å². The molecule has 1 N–H and O–H groups in total. The van der Waals surface area contributed by atoms with Gasteiger partial charge in [-0.3, -0.25) is 0 Å². The van der Waals surface area contributed by atoms with Gasteiger partial charge in [0.15, 0.2) is 0 Å². The highest BCUT2D eigenvalue weighted by atomic mass is 16.3. The van der Waals surface area contributed by atoms with Gasteiger partial charge in [-0.15, -0.1) is 6.58 Å². The van der Waals surface area contributed by atoms with E-state index in [0.29, 0.717) is 18.3 Å². The number of hydrogen-bond donors (Lipinski definition) is 1. The Hall–Kier alpha value is -0.560. The van der Waals surface area contributed by atoms with E-state index in [9.17, 15) is 5.11 Å². The first-order valence-electron chi connectivity index (χ1n) is 6.74. The van der Waals surface area contributed by atoms with Crippen LogP contribution in [0.3, 0.4) is 0 Å². The van der Waals surface area contributed by atoms with Crippen molar-refractivity contribution < 1.29 is 5.11 Å². The molecule has 0 heterocycles. The monoisotopic (exact) mass is 236 g/mol. The maximum atomic E-state index is 11.0. The fourth-order valence-corrected chi connectivity index (χ4v) is 3.34. The lowest BCUT2D eigenvalue weighted by Crippen LogP contribution is -2.44. The highest BCUT2D eigenvalue weighted by Gasteiger charge is 2.47. The number of aliphatic hydroxyl groups is 1. The molecule has 1 nitrogen and oxygen atoms in total. The predicted molar refractivity (Wildman–Crippen MR) is 74.9 cm³/mol.